The first-order valence-corrected chi connectivity index (χ1v) is 13.5. The minimum atomic E-state index is -0.386. The van der Waals surface area contributed by atoms with Crippen molar-refractivity contribution >= 4 is 34.1 Å². The first-order chi connectivity index (χ1) is 18.1. The molecular weight excluding hydrogens is 496 g/mol. The van der Waals surface area contributed by atoms with Gasteiger partial charge in [-0.3, -0.25) is 9.59 Å². The van der Waals surface area contributed by atoms with Crippen molar-refractivity contribution in [1.29, 1.82) is 0 Å². The lowest BCUT2D eigenvalue weighted by Crippen LogP contribution is -2.50. The molecular formula is C26H31ClN6O4. The molecule has 3 aromatic rings. The molecule has 1 aromatic carbocycles. The van der Waals surface area contributed by atoms with Crippen LogP contribution in [0.5, 0.6) is 0 Å². The molecule has 2 aromatic heterocycles. The van der Waals surface area contributed by atoms with Gasteiger partial charge in [0.05, 0.1) is 30.1 Å². The second-order valence-corrected chi connectivity index (χ2v) is 10.3. The summed E-state index contributed by atoms with van der Waals surface area (Å²) < 4.78 is 14.9. The molecule has 11 heteroatoms. The second kappa shape index (κ2) is 10.4. The highest BCUT2D eigenvalue weighted by molar-refractivity contribution is 6.33. The largest absolute Gasteiger partial charge is 0.358 e. The average molecular weight is 527 g/mol. The fourth-order valence-electron chi connectivity index (χ4n) is 5.48. The molecule has 3 fully saturated rings. The first-order valence-electron chi connectivity index (χ1n) is 13.1. The van der Waals surface area contributed by atoms with Crippen LogP contribution in [-0.2, 0) is 20.8 Å². The molecule has 0 saturated carbocycles. The minimum Gasteiger partial charge on any atom is -0.358 e. The van der Waals surface area contributed by atoms with E-state index in [4.69, 9.17) is 21.1 Å². The fourth-order valence-corrected chi connectivity index (χ4v) is 5.73. The number of hydrogen-bond donors (Lipinski definition) is 0. The quantitative estimate of drug-likeness (QED) is 0.502. The maximum Gasteiger partial charge on any atom is 0.290 e. The van der Waals surface area contributed by atoms with Crippen LogP contribution in [-0.4, -0.2) is 63.2 Å². The number of carbonyl (C=O) groups is 1. The van der Waals surface area contributed by atoms with Gasteiger partial charge in [0.15, 0.2) is 12.5 Å². The van der Waals surface area contributed by atoms with Gasteiger partial charge in [0.1, 0.15) is 5.02 Å². The molecule has 3 saturated heterocycles. The number of rotatable bonds is 5. The Bertz CT molecular complexity index is 1340. The number of carbonyl (C=O) groups excluding carboxylic acids is 1. The molecule has 37 heavy (non-hydrogen) atoms. The van der Waals surface area contributed by atoms with Gasteiger partial charge in [0, 0.05) is 38.2 Å². The van der Waals surface area contributed by atoms with Crippen LogP contribution in [0.4, 0.5) is 5.69 Å². The lowest BCUT2D eigenvalue weighted by Gasteiger charge is -2.36. The average Bonchev–Trinajstić information content (AvgIpc) is 3.38. The summed E-state index contributed by atoms with van der Waals surface area (Å²) in [5.41, 5.74) is 2.18. The smallest absolute Gasteiger partial charge is 0.290 e. The normalized spacial score (nSPS) is 23.1. The van der Waals surface area contributed by atoms with Crippen LogP contribution >= 0.6 is 11.6 Å². The van der Waals surface area contributed by atoms with Gasteiger partial charge in [-0.05, 0) is 50.2 Å². The topological polar surface area (TPSA) is 94.7 Å². The third-order valence-electron chi connectivity index (χ3n) is 7.53. The van der Waals surface area contributed by atoms with Gasteiger partial charge < -0.3 is 19.3 Å². The van der Waals surface area contributed by atoms with Crippen molar-refractivity contribution < 1.29 is 14.3 Å². The number of hydrogen-bond acceptors (Lipinski definition) is 7. The van der Waals surface area contributed by atoms with Gasteiger partial charge in [0.2, 0.25) is 5.91 Å². The number of anilines is 1. The van der Waals surface area contributed by atoms with Crippen LogP contribution < -0.4 is 10.5 Å². The van der Waals surface area contributed by atoms with Gasteiger partial charge in [-0.1, -0.05) is 23.7 Å². The van der Waals surface area contributed by atoms with Gasteiger partial charge in [0.25, 0.3) is 5.56 Å². The van der Waals surface area contributed by atoms with Crippen molar-refractivity contribution in [3.05, 3.63) is 51.5 Å². The number of amides is 1. The Morgan fingerprint density at radius 2 is 1.65 bits per heavy atom. The van der Waals surface area contributed by atoms with E-state index in [0.29, 0.717) is 31.9 Å². The van der Waals surface area contributed by atoms with E-state index in [0.717, 1.165) is 61.6 Å². The third-order valence-corrected chi connectivity index (χ3v) is 7.89. The fraction of sp³-hybridized carbons (Fsp3) is 0.538. The van der Waals surface area contributed by atoms with E-state index >= 15 is 0 Å². The monoisotopic (exact) mass is 526 g/mol. The van der Waals surface area contributed by atoms with Gasteiger partial charge in [-0.25, -0.2) is 4.68 Å². The first kappa shape index (κ1) is 24.4. The highest BCUT2D eigenvalue weighted by atomic mass is 35.5. The Labute approximate surface area is 219 Å². The Hall–Kier alpha value is -2.95. The van der Waals surface area contributed by atoms with E-state index in [1.807, 2.05) is 32.8 Å². The molecule has 5 heterocycles. The zero-order chi connectivity index (χ0) is 25.4. The SMILES string of the molecule is O=C1CN(c2cnn(C3CCCCO3)c(=O)c2Cl)CCN1Cc1cccc2c1cnn2C1CCCCO1. The molecule has 2 unspecified atom stereocenters. The minimum absolute atomic E-state index is 0.0258. The molecule has 3 aliphatic rings. The molecule has 10 nitrogen and oxygen atoms in total. The van der Waals surface area contributed by atoms with Crippen molar-refractivity contribution in [1.82, 2.24) is 24.5 Å². The lowest BCUT2D eigenvalue weighted by atomic mass is 10.1. The zero-order valence-corrected chi connectivity index (χ0v) is 21.5. The van der Waals surface area contributed by atoms with Crippen LogP contribution in [0.15, 0.2) is 35.4 Å². The van der Waals surface area contributed by atoms with E-state index in [9.17, 15) is 9.59 Å². The van der Waals surface area contributed by atoms with E-state index in [1.165, 1.54) is 4.68 Å². The standard InChI is InChI=1S/C26H31ClN6O4/c27-25-21(15-29-33(26(25)35)24-9-2-4-13-37-24)30-10-11-31(22(34)17-30)16-18-6-5-7-20-19(18)14-28-32(20)23-8-1-3-12-36-23/h5-7,14-15,23-24H,1-4,8-13,16-17H2. The van der Waals surface area contributed by atoms with Crippen LogP contribution in [0.1, 0.15) is 56.5 Å². The summed E-state index contributed by atoms with van der Waals surface area (Å²) in [6, 6.07) is 6.11. The number of fused-ring (bicyclic) bond motifs is 1. The number of halogens is 1. The number of nitrogens with zero attached hydrogens (tertiary/aromatic N) is 6. The van der Waals surface area contributed by atoms with E-state index < -0.39 is 0 Å². The molecule has 2 atom stereocenters. The summed E-state index contributed by atoms with van der Waals surface area (Å²) >= 11 is 6.48. The van der Waals surface area contributed by atoms with Crippen molar-refractivity contribution in [3.8, 4) is 0 Å². The summed E-state index contributed by atoms with van der Waals surface area (Å²) in [6.07, 6.45) is 8.90. The lowest BCUT2D eigenvalue weighted by molar-refractivity contribution is -0.131. The summed E-state index contributed by atoms with van der Waals surface area (Å²) in [4.78, 5) is 29.7. The highest BCUT2D eigenvalue weighted by Gasteiger charge is 2.29. The van der Waals surface area contributed by atoms with Crippen molar-refractivity contribution in [3.63, 3.8) is 0 Å². The van der Waals surface area contributed by atoms with E-state index in [2.05, 4.69) is 16.3 Å². The maximum atomic E-state index is 13.2. The molecule has 1 amide bonds. The van der Waals surface area contributed by atoms with E-state index in [1.54, 1.807) is 6.20 Å². The second-order valence-electron chi connectivity index (χ2n) is 9.91. The number of ether oxygens (including phenoxy) is 2. The Morgan fingerprint density at radius 3 is 2.35 bits per heavy atom. The van der Waals surface area contributed by atoms with Crippen molar-refractivity contribution in [2.24, 2.45) is 0 Å². The van der Waals surface area contributed by atoms with Crippen LogP contribution in [0.25, 0.3) is 10.9 Å². The Balaban J connectivity index is 1.16. The van der Waals surface area contributed by atoms with E-state index in [-0.39, 0.29) is 35.5 Å². The summed E-state index contributed by atoms with van der Waals surface area (Å²) in [5.74, 6) is -0.0258. The predicted octanol–water partition coefficient (Wildman–Crippen LogP) is 3.49. The molecule has 0 radical (unpaired) electrons. The molecule has 0 aliphatic carbocycles. The zero-order valence-electron chi connectivity index (χ0n) is 20.7. The highest BCUT2D eigenvalue weighted by Crippen LogP contribution is 2.29. The van der Waals surface area contributed by atoms with Crippen molar-refractivity contribution in [2.45, 2.75) is 57.5 Å². The maximum absolute atomic E-state index is 13.2. The molecule has 6 rings (SSSR count). The third kappa shape index (κ3) is 4.73. The molecule has 0 spiro atoms. The number of aromatic nitrogens is 4. The molecule has 0 bridgehead atoms. The number of piperazine rings is 1. The number of benzene rings is 1. The molecule has 3 aliphatic heterocycles. The van der Waals surface area contributed by atoms with Gasteiger partial charge in [-0.15, -0.1) is 0 Å². The van der Waals surface area contributed by atoms with Gasteiger partial charge in [-0.2, -0.15) is 14.9 Å². The predicted molar refractivity (Wildman–Crippen MR) is 139 cm³/mol. The van der Waals surface area contributed by atoms with Crippen LogP contribution in [0, 0.1) is 0 Å². The Morgan fingerprint density at radius 1 is 0.919 bits per heavy atom. The summed E-state index contributed by atoms with van der Waals surface area (Å²) in [5, 5.41) is 10.1. The Kier molecular flexibility index (Phi) is 6.88. The van der Waals surface area contributed by atoms with Crippen LogP contribution in [0.3, 0.4) is 0 Å². The van der Waals surface area contributed by atoms with Crippen LogP contribution in [0.2, 0.25) is 5.02 Å². The van der Waals surface area contributed by atoms with Crippen molar-refractivity contribution in [2.75, 3.05) is 37.7 Å². The molecule has 0 N–H and O–H groups in total. The molecule has 196 valence electrons. The summed E-state index contributed by atoms with van der Waals surface area (Å²) in [6.45, 7) is 3.07. The summed E-state index contributed by atoms with van der Waals surface area (Å²) in [7, 11) is 0. The van der Waals surface area contributed by atoms with Gasteiger partial charge >= 0.3 is 0 Å².